The lowest BCUT2D eigenvalue weighted by molar-refractivity contribution is -0.134. The van der Waals surface area contributed by atoms with E-state index in [9.17, 15) is 4.79 Å². The zero-order chi connectivity index (χ0) is 20.9. The maximum atomic E-state index is 12.8. The molecule has 1 aliphatic heterocycles. The van der Waals surface area contributed by atoms with Gasteiger partial charge in [-0.05, 0) is 37.8 Å². The molecule has 0 spiro atoms. The van der Waals surface area contributed by atoms with Crippen LogP contribution >= 0.6 is 0 Å². The van der Waals surface area contributed by atoms with Crippen molar-refractivity contribution >= 4 is 17.4 Å². The van der Waals surface area contributed by atoms with Crippen molar-refractivity contribution < 1.29 is 9.53 Å². The van der Waals surface area contributed by atoms with Gasteiger partial charge in [0.2, 0.25) is 5.91 Å². The van der Waals surface area contributed by atoms with Crippen LogP contribution in [0.25, 0.3) is 16.9 Å². The van der Waals surface area contributed by atoms with Crippen LogP contribution in [0, 0.1) is 0 Å². The first-order chi connectivity index (χ1) is 14.7. The second-order valence-electron chi connectivity index (χ2n) is 7.67. The van der Waals surface area contributed by atoms with Crippen LogP contribution in [0.4, 0.5) is 5.82 Å². The second kappa shape index (κ2) is 9.15. The average molecular weight is 408 g/mol. The maximum absolute atomic E-state index is 12.8. The van der Waals surface area contributed by atoms with E-state index in [-0.39, 0.29) is 5.91 Å². The van der Waals surface area contributed by atoms with Crippen molar-refractivity contribution in [2.45, 2.75) is 45.1 Å². The largest absolute Gasteiger partial charge is 0.497 e. The van der Waals surface area contributed by atoms with Crippen molar-refractivity contribution in [3.8, 4) is 17.0 Å². The summed E-state index contributed by atoms with van der Waals surface area (Å²) >= 11 is 0. The minimum atomic E-state index is 0.229. The van der Waals surface area contributed by atoms with Gasteiger partial charge in [0, 0.05) is 43.5 Å². The number of benzene rings is 1. The zero-order valence-electron chi connectivity index (χ0n) is 17.7. The first-order valence-electron chi connectivity index (χ1n) is 10.7. The van der Waals surface area contributed by atoms with E-state index in [1.807, 2.05) is 34.9 Å². The number of hydrogen-bond donors (Lipinski definition) is 1. The van der Waals surface area contributed by atoms with Gasteiger partial charge >= 0.3 is 0 Å². The van der Waals surface area contributed by atoms with Crippen LogP contribution in [0.3, 0.4) is 0 Å². The quantitative estimate of drug-likeness (QED) is 0.641. The average Bonchev–Trinajstić information content (AvgIpc) is 3.17. The van der Waals surface area contributed by atoms with Crippen LogP contribution in [0.2, 0.25) is 0 Å². The third kappa shape index (κ3) is 4.10. The molecule has 1 N–H and O–H groups in total. The molecule has 1 unspecified atom stereocenters. The van der Waals surface area contributed by atoms with Crippen molar-refractivity contribution in [3.05, 3.63) is 42.9 Å². The molecule has 0 radical (unpaired) electrons. The van der Waals surface area contributed by atoms with Gasteiger partial charge in [-0.2, -0.15) is 0 Å². The minimum absolute atomic E-state index is 0.229. The Balaban J connectivity index is 1.54. The zero-order valence-corrected chi connectivity index (χ0v) is 17.7. The smallest absolute Gasteiger partial charge is 0.224 e. The number of likely N-dealkylation sites (tertiary alicyclic amines) is 1. The van der Waals surface area contributed by atoms with Gasteiger partial charge in [0.1, 0.15) is 17.3 Å². The van der Waals surface area contributed by atoms with Gasteiger partial charge in [-0.25, -0.2) is 4.98 Å². The first kappa shape index (κ1) is 20.2. The highest BCUT2D eigenvalue weighted by atomic mass is 16.5. The van der Waals surface area contributed by atoms with Gasteiger partial charge < -0.3 is 15.0 Å². The molecule has 3 heterocycles. The van der Waals surface area contributed by atoms with Crippen LogP contribution in [0.5, 0.6) is 5.75 Å². The Hall–Kier alpha value is -3.09. The predicted molar refractivity (Wildman–Crippen MR) is 118 cm³/mol. The third-order valence-corrected chi connectivity index (χ3v) is 5.82. The molecule has 7 nitrogen and oxygen atoms in total. The number of imidazole rings is 1. The fourth-order valence-electron chi connectivity index (χ4n) is 4.23. The van der Waals surface area contributed by atoms with Gasteiger partial charge in [-0.15, -0.1) is 0 Å². The molecule has 0 aliphatic carbocycles. The molecule has 4 rings (SSSR count). The Bertz CT molecular complexity index is 1020. The molecule has 1 atom stereocenters. The van der Waals surface area contributed by atoms with Crippen molar-refractivity contribution in [2.75, 3.05) is 25.5 Å². The SMILES string of the molecule is CCC1CCCCN1C(=O)CCNc1c(-c2cccc(OC)c2)nc2cnccn12. The Morgan fingerprint density at radius 2 is 2.23 bits per heavy atom. The summed E-state index contributed by atoms with van der Waals surface area (Å²) in [4.78, 5) is 23.9. The molecule has 0 saturated carbocycles. The van der Waals surface area contributed by atoms with E-state index in [2.05, 4.69) is 22.1 Å². The number of methoxy groups -OCH3 is 1. The Kier molecular flexibility index (Phi) is 6.16. The minimum Gasteiger partial charge on any atom is -0.497 e. The summed E-state index contributed by atoms with van der Waals surface area (Å²) in [6.45, 7) is 3.61. The lowest BCUT2D eigenvalue weighted by atomic mass is 9.99. The van der Waals surface area contributed by atoms with E-state index < -0.39 is 0 Å². The summed E-state index contributed by atoms with van der Waals surface area (Å²) in [6.07, 6.45) is 10.3. The van der Waals surface area contributed by atoms with Gasteiger partial charge in [0.05, 0.1) is 13.3 Å². The number of amides is 1. The highest BCUT2D eigenvalue weighted by Crippen LogP contribution is 2.30. The van der Waals surface area contributed by atoms with Gasteiger partial charge in [-0.1, -0.05) is 19.1 Å². The fraction of sp³-hybridized carbons (Fsp3) is 0.435. The van der Waals surface area contributed by atoms with Gasteiger partial charge in [0.25, 0.3) is 0 Å². The topological polar surface area (TPSA) is 71.8 Å². The van der Waals surface area contributed by atoms with Crippen molar-refractivity contribution in [1.82, 2.24) is 19.3 Å². The highest BCUT2D eigenvalue weighted by molar-refractivity contribution is 5.79. The lowest BCUT2D eigenvalue weighted by Crippen LogP contribution is -2.43. The number of anilines is 1. The van der Waals surface area contributed by atoms with Crippen molar-refractivity contribution in [1.29, 1.82) is 0 Å². The van der Waals surface area contributed by atoms with Crippen LogP contribution in [0.15, 0.2) is 42.9 Å². The molecule has 1 saturated heterocycles. The molecule has 1 aliphatic rings. The van der Waals surface area contributed by atoms with Crippen molar-refractivity contribution in [2.24, 2.45) is 0 Å². The number of rotatable bonds is 7. The normalized spacial score (nSPS) is 16.6. The Labute approximate surface area is 177 Å². The summed E-state index contributed by atoms with van der Waals surface area (Å²) in [5.74, 6) is 1.87. The molecule has 1 fully saturated rings. The first-order valence-corrected chi connectivity index (χ1v) is 10.7. The number of piperidine rings is 1. The molecule has 1 amide bonds. The van der Waals surface area contributed by atoms with Crippen LogP contribution in [-0.2, 0) is 4.79 Å². The van der Waals surface area contributed by atoms with E-state index in [4.69, 9.17) is 9.72 Å². The summed E-state index contributed by atoms with van der Waals surface area (Å²) in [5.41, 5.74) is 2.53. The molecular formula is C23H29N5O2. The van der Waals surface area contributed by atoms with Crippen LogP contribution < -0.4 is 10.1 Å². The molecule has 7 heteroatoms. The Morgan fingerprint density at radius 1 is 1.33 bits per heavy atom. The summed E-state index contributed by atoms with van der Waals surface area (Å²) < 4.78 is 7.35. The predicted octanol–water partition coefficient (Wildman–Crippen LogP) is 4.00. The number of nitrogens with zero attached hydrogens (tertiary/aromatic N) is 4. The second-order valence-corrected chi connectivity index (χ2v) is 7.67. The summed E-state index contributed by atoms with van der Waals surface area (Å²) in [5, 5.41) is 3.46. The number of hydrogen-bond acceptors (Lipinski definition) is 5. The maximum Gasteiger partial charge on any atom is 0.224 e. The molecule has 1 aromatic carbocycles. The number of nitrogens with one attached hydrogen (secondary N) is 1. The third-order valence-electron chi connectivity index (χ3n) is 5.82. The molecule has 158 valence electrons. The van der Waals surface area contributed by atoms with E-state index in [1.165, 1.54) is 6.42 Å². The summed E-state index contributed by atoms with van der Waals surface area (Å²) in [6, 6.07) is 8.22. The fourth-order valence-corrected chi connectivity index (χ4v) is 4.23. The monoisotopic (exact) mass is 407 g/mol. The number of carbonyl (C=O) groups is 1. The lowest BCUT2D eigenvalue weighted by Gasteiger charge is -2.35. The standard InChI is InChI=1S/C23H29N5O2/c1-3-18-8-4-5-13-27(18)21(29)10-11-25-23-22(17-7-6-9-19(15-17)30-2)26-20-16-24-12-14-28(20)23/h6-7,9,12,14-16,18,25H,3-5,8,10-11,13H2,1-2H3. The molecule has 3 aromatic rings. The van der Waals surface area contributed by atoms with Gasteiger partial charge in [0.15, 0.2) is 5.65 Å². The van der Waals surface area contributed by atoms with E-state index in [0.29, 0.717) is 19.0 Å². The Morgan fingerprint density at radius 3 is 3.07 bits per heavy atom. The number of aromatic nitrogens is 3. The summed E-state index contributed by atoms with van der Waals surface area (Å²) in [7, 11) is 1.65. The van der Waals surface area contributed by atoms with Crippen LogP contribution in [0.1, 0.15) is 39.0 Å². The molecule has 2 aromatic heterocycles. The van der Waals surface area contributed by atoms with Crippen molar-refractivity contribution in [3.63, 3.8) is 0 Å². The van der Waals surface area contributed by atoms with E-state index in [0.717, 1.165) is 54.3 Å². The number of fused-ring (bicyclic) bond motifs is 1. The van der Waals surface area contributed by atoms with Gasteiger partial charge in [-0.3, -0.25) is 14.2 Å². The van der Waals surface area contributed by atoms with E-state index in [1.54, 1.807) is 19.5 Å². The van der Waals surface area contributed by atoms with E-state index >= 15 is 0 Å². The molecular weight excluding hydrogens is 378 g/mol. The number of ether oxygens (including phenoxy) is 1. The van der Waals surface area contributed by atoms with Crippen LogP contribution in [-0.4, -0.2) is 51.4 Å². The molecule has 0 bridgehead atoms. The molecule has 30 heavy (non-hydrogen) atoms. The number of carbonyl (C=O) groups excluding carboxylic acids is 1. The highest BCUT2D eigenvalue weighted by Gasteiger charge is 2.25.